The molecule has 0 atom stereocenters. The lowest BCUT2D eigenvalue weighted by molar-refractivity contribution is 1.64. The van der Waals surface area contributed by atoms with Gasteiger partial charge in [0.2, 0.25) is 0 Å². The predicted molar refractivity (Wildman–Crippen MR) is 46.3 cm³/mol. The highest BCUT2D eigenvalue weighted by molar-refractivity contribution is 8.10. The Bertz CT molecular complexity index is 70.5. The lowest BCUT2D eigenvalue weighted by Crippen LogP contribution is -1.94. The van der Waals surface area contributed by atoms with Gasteiger partial charge in [-0.2, -0.15) is 0 Å². The molecular weight excluding hydrogens is 138 g/mol. The van der Waals surface area contributed by atoms with Crippen molar-refractivity contribution in [2.24, 2.45) is 5.73 Å². The van der Waals surface area contributed by atoms with Gasteiger partial charge in [0.05, 0.1) is 0 Å². The van der Waals surface area contributed by atoms with Crippen LogP contribution < -0.4 is 5.73 Å². The van der Waals surface area contributed by atoms with Crippen LogP contribution in [0.4, 0.5) is 0 Å². The number of hydrogen-bond donors (Lipinski definition) is 2. The SMILES string of the molecule is CC=CC.NC(=S)S. The van der Waals surface area contributed by atoms with Gasteiger partial charge >= 0.3 is 0 Å². The molecule has 0 radical (unpaired) electrons. The van der Waals surface area contributed by atoms with Crippen molar-refractivity contribution in [3.8, 4) is 0 Å². The normalized spacial score (nSPS) is 7.88. The minimum Gasteiger partial charge on any atom is -0.385 e. The van der Waals surface area contributed by atoms with E-state index in [2.05, 4.69) is 24.8 Å². The average Bonchev–Trinajstić information content (AvgIpc) is 1.65. The Labute approximate surface area is 61.4 Å². The molecule has 0 bridgehead atoms. The number of hydrogen-bond acceptors (Lipinski definition) is 1. The van der Waals surface area contributed by atoms with E-state index in [0.29, 0.717) is 0 Å². The van der Waals surface area contributed by atoms with Crippen LogP contribution >= 0.6 is 24.8 Å². The van der Waals surface area contributed by atoms with Crippen molar-refractivity contribution in [3.63, 3.8) is 0 Å². The zero-order valence-electron chi connectivity index (χ0n) is 5.09. The van der Waals surface area contributed by atoms with E-state index < -0.39 is 0 Å². The van der Waals surface area contributed by atoms with Crippen LogP contribution in [0, 0.1) is 0 Å². The van der Waals surface area contributed by atoms with E-state index in [9.17, 15) is 0 Å². The van der Waals surface area contributed by atoms with Gasteiger partial charge in [-0.1, -0.05) is 24.4 Å². The van der Waals surface area contributed by atoms with Gasteiger partial charge in [0.1, 0.15) is 4.32 Å². The molecule has 8 heavy (non-hydrogen) atoms. The van der Waals surface area contributed by atoms with Gasteiger partial charge in [-0.05, 0) is 13.8 Å². The fraction of sp³-hybridized carbons (Fsp3) is 0.400. The van der Waals surface area contributed by atoms with Crippen LogP contribution in [0.1, 0.15) is 13.8 Å². The summed E-state index contributed by atoms with van der Waals surface area (Å²) in [4.78, 5) is 0. The molecule has 0 amide bonds. The molecule has 0 rings (SSSR count). The highest BCUT2D eigenvalue weighted by atomic mass is 32.1. The standard InChI is InChI=1S/C4H8.CH3NS2/c1-3-4-2;2-1(3)4/h3-4H,1-2H3;(H3,2,3,4). The first kappa shape index (κ1) is 10.9. The van der Waals surface area contributed by atoms with Gasteiger partial charge in [0.25, 0.3) is 0 Å². The molecule has 0 saturated heterocycles. The van der Waals surface area contributed by atoms with Crippen LogP contribution in [0.15, 0.2) is 12.2 Å². The van der Waals surface area contributed by atoms with Crippen LogP contribution in [0.3, 0.4) is 0 Å². The van der Waals surface area contributed by atoms with Gasteiger partial charge in [0.15, 0.2) is 0 Å². The first-order valence-corrected chi connectivity index (χ1v) is 3.06. The van der Waals surface area contributed by atoms with E-state index in [1.807, 2.05) is 26.0 Å². The third-order valence-corrected chi connectivity index (χ3v) is 0.333. The summed E-state index contributed by atoms with van der Waals surface area (Å²) in [5, 5.41) is 0. The van der Waals surface area contributed by atoms with Crippen molar-refractivity contribution in [2.45, 2.75) is 13.8 Å². The largest absolute Gasteiger partial charge is 0.385 e. The second-order valence-electron chi connectivity index (χ2n) is 1.00. The molecular formula is C5H11NS2. The fourth-order valence-corrected chi connectivity index (χ4v) is 0. The molecule has 48 valence electrons. The van der Waals surface area contributed by atoms with Crippen LogP contribution in [0.5, 0.6) is 0 Å². The first-order valence-electron chi connectivity index (χ1n) is 2.20. The quantitative estimate of drug-likeness (QED) is 0.312. The molecule has 1 nitrogen and oxygen atoms in total. The molecule has 2 N–H and O–H groups in total. The maximum absolute atomic E-state index is 4.71. The second-order valence-corrected chi connectivity index (χ2v) is 2.23. The summed E-state index contributed by atoms with van der Waals surface area (Å²) in [6, 6.07) is 0. The van der Waals surface area contributed by atoms with E-state index in [-0.39, 0.29) is 4.32 Å². The second kappa shape index (κ2) is 10.1. The molecule has 3 heteroatoms. The lowest BCUT2D eigenvalue weighted by atomic mass is 10.6. The molecule has 0 heterocycles. The number of rotatable bonds is 0. The molecule has 0 saturated carbocycles. The summed E-state index contributed by atoms with van der Waals surface area (Å²) in [6.07, 6.45) is 4.00. The first-order chi connectivity index (χ1) is 3.65. The van der Waals surface area contributed by atoms with E-state index in [0.717, 1.165) is 0 Å². The van der Waals surface area contributed by atoms with E-state index in [1.165, 1.54) is 0 Å². The molecule has 0 aliphatic heterocycles. The fourth-order valence-electron chi connectivity index (χ4n) is 0. The van der Waals surface area contributed by atoms with Crippen molar-refractivity contribution >= 4 is 29.2 Å². The number of thiocarbonyl (C=S) groups is 1. The van der Waals surface area contributed by atoms with Gasteiger partial charge in [0, 0.05) is 0 Å². The van der Waals surface area contributed by atoms with Gasteiger partial charge < -0.3 is 5.73 Å². The number of allylic oxidation sites excluding steroid dienone is 2. The predicted octanol–water partition coefficient (Wildman–Crippen LogP) is 1.74. The minimum absolute atomic E-state index is 0.194. The Hall–Kier alpha value is -0.0200. The van der Waals surface area contributed by atoms with Crippen molar-refractivity contribution in [1.82, 2.24) is 0 Å². The third kappa shape index (κ3) is 154. The smallest absolute Gasteiger partial charge is 0.128 e. The van der Waals surface area contributed by atoms with Crippen molar-refractivity contribution in [1.29, 1.82) is 0 Å². The van der Waals surface area contributed by atoms with Crippen LogP contribution in [0.25, 0.3) is 0 Å². The minimum atomic E-state index is 0.194. The number of nitrogens with two attached hydrogens (primary N) is 1. The Balaban J connectivity index is 0. The Morgan fingerprint density at radius 1 is 1.50 bits per heavy atom. The Morgan fingerprint density at radius 2 is 1.62 bits per heavy atom. The van der Waals surface area contributed by atoms with E-state index in [1.54, 1.807) is 0 Å². The monoisotopic (exact) mass is 149 g/mol. The number of thiol groups is 1. The summed E-state index contributed by atoms with van der Waals surface area (Å²) in [5.74, 6) is 0. The highest BCUT2D eigenvalue weighted by Crippen LogP contribution is 1.63. The van der Waals surface area contributed by atoms with Gasteiger partial charge in [-0.15, -0.1) is 12.6 Å². The molecule has 0 spiro atoms. The molecule has 0 aromatic heterocycles. The maximum Gasteiger partial charge on any atom is 0.128 e. The molecule has 0 aromatic rings. The topological polar surface area (TPSA) is 26.0 Å². The van der Waals surface area contributed by atoms with Gasteiger partial charge in [-0.25, -0.2) is 0 Å². The summed E-state index contributed by atoms with van der Waals surface area (Å²) in [6.45, 7) is 4.00. The zero-order valence-corrected chi connectivity index (χ0v) is 6.80. The molecule has 0 aromatic carbocycles. The average molecular weight is 149 g/mol. The molecule has 0 unspecified atom stereocenters. The highest BCUT2D eigenvalue weighted by Gasteiger charge is 1.55. The summed E-state index contributed by atoms with van der Waals surface area (Å²) in [7, 11) is 0. The van der Waals surface area contributed by atoms with Crippen LogP contribution in [-0.4, -0.2) is 4.32 Å². The van der Waals surface area contributed by atoms with Crippen molar-refractivity contribution < 1.29 is 0 Å². The third-order valence-electron chi connectivity index (χ3n) is 0.333. The Kier molecular flexibility index (Phi) is 13.7. The van der Waals surface area contributed by atoms with Crippen LogP contribution in [0.2, 0.25) is 0 Å². The Morgan fingerprint density at radius 3 is 1.62 bits per heavy atom. The lowest BCUT2D eigenvalue weighted by Gasteiger charge is -1.64. The van der Waals surface area contributed by atoms with Crippen molar-refractivity contribution in [3.05, 3.63) is 12.2 Å². The zero-order chi connectivity index (χ0) is 6.99. The van der Waals surface area contributed by atoms with Gasteiger partial charge in [-0.3, -0.25) is 0 Å². The summed E-state index contributed by atoms with van der Waals surface area (Å²) in [5.41, 5.74) is 4.71. The van der Waals surface area contributed by atoms with Crippen LogP contribution in [-0.2, 0) is 0 Å². The maximum atomic E-state index is 4.71. The van der Waals surface area contributed by atoms with E-state index in [4.69, 9.17) is 5.73 Å². The molecule has 0 aliphatic carbocycles. The molecule has 0 aliphatic rings. The van der Waals surface area contributed by atoms with E-state index >= 15 is 0 Å². The summed E-state index contributed by atoms with van der Waals surface area (Å²) >= 11 is 7.65. The van der Waals surface area contributed by atoms with Crippen molar-refractivity contribution in [2.75, 3.05) is 0 Å². The summed E-state index contributed by atoms with van der Waals surface area (Å²) < 4.78 is 0.194. The molecule has 0 fully saturated rings.